The summed E-state index contributed by atoms with van der Waals surface area (Å²) in [6.45, 7) is 2.14. The Bertz CT molecular complexity index is 936. The molecule has 2 nitrogen and oxygen atoms in total. The molecule has 0 saturated heterocycles. The van der Waals surface area contributed by atoms with Crippen molar-refractivity contribution in [2.45, 2.75) is 56.2 Å². The molecule has 156 valence electrons. The van der Waals surface area contributed by atoms with Crippen molar-refractivity contribution in [1.29, 1.82) is 0 Å². The van der Waals surface area contributed by atoms with E-state index in [2.05, 4.69) is 19.1 Å². The van der Waals surface area contributed by atoms with Gasteiger partial charge in [-0.1, -0.05) is 117 Å². The van der Waals surface area contributed by atoms with Gasteiger partial charge >= 0.3 is 0 Å². The van der Waals surface area contributed by atoms with Gasteiger partial charge in [0.05, 0.1) is 11.3 Å². The summed E-state index contributed by atoms with van der Waals surface area (Å²) >= 11 is 0. The topological polar surface area (TPSA) is 37.3 Å². The molecule has 0 unspecified atom stereocenters. The highest BCUT2D eigenvalue weighted by atomic mass is 31.2. The third kappa shape index (κ3) is 3.92. The molecule has 1 N–H and O–H groups in total. The molecule has 1 saturated carbocycles. The molecule has 1 fully saturated rings. The van der Waals surface area contributed by atoms with E-state index in [1.807, 2.05) is 78.9 Å². The Morgan fingerprint density at radius 1 is 0.733 bits per heavy atom. The summed E-state index contributed by atoms with van der Waals surface area (Å²) in [5.74, 6) is -0.0412. The Kier molecular flexibility index (Phi) is 6.27. The molecule has 0 aromatic heterocycles. The van der Waals surface area contributed by atoms with Gasteiger partial charge < -0.3 is 9.67 Å². The van der Waals surface area contributed by atoms with E-state index >= 15 is 4.57 Å². The second-order valence-corrected chi connectivity index (χ2v) is 11.5. The lowest BCUT2D eigenvalue weighted by molar-refractivity contribution is -0.00495. The normalized spacial score (nSPS) is 18.5. The fourth-order valence-electron chi connectivity index (χ4n) is 5.29. The highest BCUT2D eigenvalue weighted by Crippen LogP contribution is 2.59. The highest BCUT2D eigenvalue weighted by Gasteiger charge is 2.52. The van der Waals surface area contributed by atoms with Gasteiger partial charge in [-0.2, -0.15) is 0 Å². The zero-order valence-electron chi connectivity index (χ0n) is 17.7. The number of hydrogen-bond donors (Lipinski definition) is 1. The molecular formula is C27H31O2P. The predicted molar refractivity (Wildman–Crippen MR) is 126 cm³/mol. The maximum Gasteiger partial charge on any atom is 0.149 e. The van der Waals surface area contributed by atoms with Crippen LogP contribution in [0.15, 0.2) is 91.0 Å². The van der Waals surface area contributed by atoms with E-state index in [0.717, 1.165) is 35.4 Å². The molecule has 0 amide bonds. The van der Waals surface area contributed by atoms with Crippen LogP contribution in [0, 0.1) is 0 Å². The van der Waals surface area contributed by atoms with Crippen LogP contribution in [0.2, 0.25) is 0 Å². The first-order valence-electron chi connectivity index (χ1n) is 11.0. The van der Waals surface area contributed by atoms with Crippen LogP contribution in [0.1, 0.15) is 50.5 Å². The molecule has 30 heavy (non-hydrogen) atoms. The van der Waals surface area contributed by atoms with Gasteiger partial charge in [0.1, 0.15) is 7.14 Å². The van der Waals surface area contributed by atoms with Crippen LogP contribution in [0.3, 0.4) is 0 Å². The molecule has 0 aliphatic heterocycles. The molecule has 0 heterocycles. The standard InChI is InChI=1S/C27H31O2P/c1-22(23-14-6-2-7-15-23)26(27(28)20-12-5-13-21-27)30(29,24-16-8-3-9-17-24)25-18-10-4-11-19-25/h2-4,6-11,14-19,22,26,28H,5,12-13,20-21H2,1H3/t22-,26+/m0/s1. The number of hydrogen-bond acceptors (Lipinski definition) is 2. The zero-order valence-corrected chi connectivity index (χ0v) is 18.5. The minimum absolute atomic E-state index is 0.0412. The maximum absolute atomic E-state index is 15.3. The number of benzene rings is 3. The lowest BCUT2D eigenvalue weighted by Gasteiger charge is -2.46. The Morgan fingerprint density at radius 3 is 1.63 bits per heavy atom. The first-order chi connectivity index (χ1) is 14.6. The Hall–Kier alpha value is -2.15. The third-order valence-corrected chi connectivity index (χ3v) is 10.6. The van der Waals surface area contributed by atoms with Crippen molar-refractivity contribution < 1.29 is 9.67 Å². The van der Waals surface area contributed by atoms with E-state index in [4.69, 9.17) is 0 Å². The molecule has 1 aliphatic carbocycles. The van der Waals surface area contributed by atoms with Gasteiger partial charge in [0.15, 0.2) is 0 Å². The van der Waals surface area contributed by atoms with Crippen LogP contribution >= 0.6 is 7.14 Å². The first-order valence-corrected chi connectivity index (χ1v) is 12.8. The minimum Gasteiger partial charge on any atom is -0.389 e. The third-order valence-electron chi connectivity index (χ3n) is 6.74. The Balaban J connectivity index is 1.95. The SMILES string of the molecule is C[C@@H](c1ccccc1)[C@H](C1(O)CCCCC1)P(=O)(c1ccccc1)c1ccccc1. The van der Waals surface area contributed by atoms with Crippen LogP contribution in [-0.4, -0.2) is 16.4 Å². The number of rotatable bonds is 6. The van der Waals surface area contributed by atoms with E-state index in [9.17, 15) is 5.11 Å². The maximum atomic E-state index is 15.3. The first kappa shape index (κ1) is 21.1. The van der Waals surface area contributed by atoms with Crippen molar-refractivity contribution in [3.63, 3.8) is 0 Å². The lowest BCUT2D eigenvalue weighted by atomic mass is 9.77. The van der Waals surface area contributed by atoms with Crippen molar-refractivity contribution in [3.8, 4) is 0 Å². The largest absolute Gasteiger partial charge is 0.389 e. The van der Waals surface area contributed by atoms with Gasteiger partial charge in [0.25, 0.3) is 0 Å². The summed E-state index contributed by atoms with van der Waals surface area (Å²) in [5, 5.41) is 13.7. The Labute approximate surface area is 180 Å². The fraction of sp³-hybridized carbons (Fsp3) is 0.333. The Morgan fingerprint density at radius 2 is 1.17 bits per heavy atom. The van der Waals surface area contributed by atoms with E-state index in [0.29, 0.717) is 12.8 Å². The monoisotopic (exact) mass is 418 g/mol. The smallest absolute Gasteiger partial charge is 0.149 e. The zero-order chi connectivity index (χ0) is 21.0. The average Bonchev–Trinajstić information content (AvgIpc) is 2.81. The molecule has 3 heteroatoms. The molecule has 3 aromatic rings. The fourth-order valence-corrected chi connectivity index (χ4v) is 9.19. The van der Waals surface area contributed by atoms with E-state index < -0.39 is 12.7 Å². The summed E-state index contributed by atoms with van der Waals surface area (Å²) in [5.41, 5.74) is -0.194. The molecule has 2 atom stereocenters. The van der Waals surface area contributed by atoms with E-state index in [-0.39, 0.29) is 11.6 Å². The highest BCUT2D eigenvalue weighted by molar-refractivity contribution is 7.79. The van der Waals surface area contributed by atoms with Crippen molar-refractivity contribution in [3.05, 3.63) is 96.6 Å². The molecular weight excluding hydrogens is 387 g/mol. The van der Waals surface area contributed by atoms with Crippen LogP contribution in [-0.2, 0) is 4.57 Å². The van der Waals surface area contributed by atoms with Gasteiger partial charge in [-0.15, -0.1) is 0 Å². The van der Waals surface area contributed by atoms with Gasteiger partial charge in [-0.3, -0.25) is 0 Å². The van der Waals surface area contributed by atoms with Gasteiger partial charge in [0, 0.05) is 10.6 Å². The number of aliphatic hydroxyl groups is 1. The van der Waals surface area contributed by atoms with Gasteiger partial charge in [-0.25, -0.2) is 0 Å². The van der Waals surface area contributed by atoms with Crippen molar-refractivity contribution in [1.82, 2.24) is 0 Å². The van der Waals surface area contributed by atoms with E-state index in [1.54, 1.807) is 0 Å². The predicted octanol–water partition coefficient (Wildman–Crippen LogP) is 5.87. The van der Waals surface area contributed by atoms with Crippen LogP contribution in [0.5, 0.6) is 0 Å². The lowest BCUT2D eigenvalue weighted by Crippen LogP contribution is -2.49. The second kappa shape index (κ2) is 8.92. The summed E-state index contributed by atoms with van der Waals surface area (Å²) < 4.78 is 15.3. The molecule has 0 spiro atoms. The van der Waals surface area contributed by atoms with Gasteiger partial charge in [-0.05, 0) is 24.3 Å². The molecule has 1 aliphatic rings. The van der Waals surface area contributed by atoms with E-state index in [1.165, 1.54) is 0 Å². The molecule has 3 aromatic carbocycles. The molecule has 0 bridgehead atoms. The van der Waals surface area contributed by atoms with Crippen LogP contribution < -0.4 is 10.6 Å². The molecule has 4 rings (SSSR count). The summed E-state index contributed by atoms with van der Waals surface area (Å²) in [4.78, 5) is 0. The summed E-state index contributed by atoms with van der Waals surface area (Å²) in [6.07, 6.45) is 4.52. The van der Waals surface area contributed by atoms with Gasteiger partial charge in [0.2, 0.25) is 0 Å². The second-order valence-electron chi connectivity index (χ2n) is 8.64. The molecule has 0 radical (unpaired) electrons. The quantitative estimate of drug-likeness (QED) is 0.509. The van der Waals surface area contributed by atoms with Crippen molar-refractivity contribution in [2.24, 2.45) is 0 Å². The van der Waals surface area contributed by atoms with Crippen LogP contribution in [0.25, 0.3) is 0 Å². The van der Waals surface area contributed by atoms with Crippen molar-refractivity contribution >= 4 is 17.8 Å². The van der Waals surface area contributed by atoms with Crippen LogP contribution in [0.4, 0.5) is 0 Å². The minimum atomic E-state index is -3.14. The van der Waals surface area contributed by atoms with Crippen molar-refractivity contribution in [2.75, 3.05) is 0 Å². The average molecular weight is 419 g/mol. The summed E-state index contributed by atoms with van der Waals surface area (Å²) in [7, 11) is -3.14. The summed E-state index contributed by atoms with van der Waals surface area (Å²) in [6, 6.07) is 29.9.